The molecule has 1 aromatic carbocycles. The third-order valence-corrected chi connectivity index (χ3v) is 8.30. The highest BCUT2D eigenvalue weighted by molar-refractivity contribution is 7.14. The normalized spacial score (nSPS) is 20.4. The quantitative estimate of drug-likeness (QED) is 0.525. The highest BCUT2D eigenvalue weighted by atomic mass is 32.1. The lowest BCUT2D eigenvalue weighted by Gasteiger charge is -2.37. The van der Waals surface area contributed by atoms with Crippen molar-refractivity contribution in [2.24, 2.45) is 0 Å². The molecule has 2 aliphatic heterocycles. The predicted octanol–water partition coefficient (Wildman–Crippen LogP) is 5.49. The first-order chi connectivity index (χ1) is 17.6. The van der Waals surface area contributed by atoms with Crippen LogP contribution in [0.1, 0.15) is 65.9 Å². The Labute approximate surface area is 223 Å². The lowest BCUT2D eigenvalue weighted by Crippen LogP contribution is -2.50. The van der Waals surface area contributed by atoms with E-state index in [1.165, 1.54) is 6.42 Å². The fourth-order valence-corrected chi connectivity index (χ4v) is 6.10. The van der Waals surface area contributed by atoms with Crippen molar-refractivity contribution in [3.8, 4) is 17.0 Å². The van der Waals surface area contributed by atoms with Crippen LogP contribution in [0.2, 0.25) is 0 Å². The molecule has 1 aliphatic carbocycles. The smallest absolute Gasteiger partial charge is 0.410 e. The summed E-state index contributed by atoms with van der Waals surface area (Å²) in [5, 5.41) is 3.05. The number of aromatic nitrogens is 1. The number of carbonyl (C=O) groups is 2. The van der Waals surface area contributed by atoms with Crippen molar-refractivity contribution in [2.75, 3.05) is 36.0 Å². The summed E-state index contributed by atoms with van der Waals surface area (Å²) in [5.74, 6) is 0.962. The molecule has 1 saturated heterocycles. The van der Waals surface area contributed by atoms with Gasteiger partial charge in [-0.1, -0.05) is 0 Å². The van der Waals surface area contributed by atoms with Crippen LogP contribution in [0.25, 0.3) is 11.3 Å². The molecular formula is C28H38N4O4S. The molecule has 0 radical (unpaired) electrons. The van der Waals surface area contributed by atoms with Gasteiger partial charge in [-0.15, -0.1) is 11.3 Å². The number of anilines is 2. The van der Waals surface area contributed by atoms with Crippen molar-refractivity contribution in [1.29, 1.82) is 0 Å². The first-order valence-corrected chi connectivity index (χ1v) is 14.3. The van der Waals surface area contributed by atoms with Crippen LogP contribution in [0.3, 0.4) is 0 Å². The van der Waals surface area contributed by atoms with E-state index >= 15 is 0 Å². The molecule has 0 bridgehead atoms. The number of nitrogens with zero attached hydrogens (tertiary/aromatic N) is 4. The average Bonchev–Trinajstić information content (AvgIpc) is 3.30. The van der Waals surface area contributed by atoms with E-state index in [4.69, 9.17) is 14.5 Å². The number of ether oxygens (including phenoxy) is 2. The summed E-state index contributed by atoms with van der Waals surface area (Å²) in [6, 6.07) is 4.31. The van der Waals surface area contributed by atoms with E-state index in [2.05, 4.69) is 29.3 Å². The Morgan fingerprint density at radius 2 is 1.81 bits per heavy atom. The van der Waals surface area contributed by atoms with Gasteiger partial charge < -0.3 is 24.2 Å². The molecule has 3 heterocycles. The molecule has 2 fully saturated rings. The van der Waals surface area contributed by atoms with Crippen LogP contribution in [-0.4, -0.2) is 65.8 Å². The summed E-state index contributed by atoms with van der Waals surface area (Å²) in [6.07, 6.45) is 5.12. The van der Waals surface area contributed by atoms with Crippen LogP contribution < -0.4 is 14.5 Å². The summed E-state index contributed by atoms with van der Waals surface area (Å²) in [5.41, 5.74) is 3.50. The molecule has 200 valence electrons. The fourth-order valence-electron chi connectivity index (χ4n) is 5.22. The Kier molecular flexibility index (Phi) is 7.09. The zero-order chi connectivity index (χ0) is 26.3. The van der Waals surface area contributed by atoms with Crippen LogP contribution in [0, 0.1) is 0 Å². The van der Waals surface area contributed by atoms with E-state index in [0.29, 0.717) is 26.2 Å². The van der Waals surface area contributed by atoms with Crippen LogP contribution >= 0.6 is 11.3 Å². The minimum Gasteiger partial charge on any atom is -0.489 e. The second-order valence-corrected chi connectivity index (χ2v) is 12.2. The van der Waals surface area contributed by atoms with Crippen LogP contribution in [0.4, 0.5) is 15.6 Å². The van der Waals surface area contributed by atoms with E-state index < -0.39 is 5.60 Å². The lowest BCUT2D eigenvalue weighted by molar-refractivity contribution is -0.117. The van der Waals surface area contributed by atoms with Gasteiger partial charge in [-0.25, -0.2) is 9.78 Å². The number of piperazine rings is 1. The number of thiazole rings is 1. The van der Waals surface area contributed by atoms with Crippen LogP contribution in [0.5, 0.6) is 5.75 Å². The Hall–Kier alpha value is -2.81. The van der Waals surface area contributed by atoms with Gasteiger partial charge in [0, 0.05) is 55.7 Å². The maximum Gasteiger partial charge on any atom is 0.410 e. The molecule has 5 rings (SSSR count). The molecule has 0 unspecified atom stereocenters. The van der Waals surface area contributed by atoms with Gasteiger partial charge in [-0.3, -0.25) is 4.79 Å². The number of benzene rings is 1. The van der Waals surface area contributed by atoms with Gasteiger partial charge in [-0.2, -0.15) is 0 Å². The highest BCUT2D eigenvalue weighted by Crippen LogP contribution is 2.45. The van der Waals surface area contributed by atoms with Crippen molar-refractivity contribution < 1.29 is 19.1 Å². The molecule has 1 saturated carbocycles. The first-order valence-electron chi connectivity index (χ1n) is 13.4. The van der Waals surface area contributed by atoms with Gasteiger partial charge >= 0.3 is 6.09 Å². The predicted molar refractivity (Wildman–Crippen MR) is 147 cm³/mol. The van der Waals surface area contributed by atoms with Crippen molar-refractivity contribution in [1.82, 2.24) is 9.88 Å². The number of fused-ring (bicyclic) bond motifs is 1. The molecule has 2 aromatic rings. The Morgan fingerprint density at radius 1 is 1.08 bits per heavy atom. The van der Waals surface area contributed by atoms with Crippen molar-refractivity contribution >= 4 is 34.2 Å². The number of hydrogen-bond acceptors (Lipinski definition) is 7. The summed E-state index contributed by atoms with van der Waals surface area (Å²) in [6.45, 7) is 12.1. The van der Waals surface area contributed by atoms with Crippen LogP contribution in [-0.2, 0) is 16.0 Å². The largest absolute Gasteiger partial charge is 0.489 e. The topological polar surface area (TPSA) is 75.2 Å². The molecule has 0 spiro atoms. The second kappa shape index (κ2) is 10.2. The van der Waals surface area contributed by atoms with Gasteiger partial charge in [0.1, 0.15) is 11.4 Å². The molecule has 2 amide bonds. The summed E-state index contributed by atoms with van der Waals surface area (Å²) in [7, 11) is 0. The number of hydrogen-bond donors (Lipinski definition) is 0. The molecule has 1 aromatic heterocycles. The van der Waals surface area contributed by atoms with Gasteiger partial charge in [0.05, 0.1) is 17.5 Å². The maximum absolute atomic E-state index is 12.5. The van der Waals surface area contributed by atoms with Crippen molar-refractivity contribution in [2.45, 2.75) is 84.5 Å². The summed E-state index contributed by atoms with van der Waals surface area (Å²) < 4.78 is 12.1. The number of rotatable bonds is 4. The fraction of sp³-hybridized carbons (Fsp3) is 0.607. The minimum atomic E-state index is -0.494. The van der Waals surface area contributed by atoms with Gasteiger partial charge in [-0.05, 0) is 71.9 Å². The van der Waals surface area contributed by atoms with Crippen molar-refractivity contribution in [3.63, 3.8) is 0 Å². The van der Waals surface area contributed by atoms with E-state index in [-0.39, 0.29) is 24.1 Å². The lowest BCUT2D eigenvalue weighted by atomic mass is 9.91. The number of amides is 2. The Bertz CT molecular complexity index is 1160. The molecule has 37 heavy (non-hydrogen) atoms. The zero-order valence-electron chi connectivity index (χ0n) is 22.6. The van der Waals surface area contributed by atoms with Gasteiger partial charge in [0.25, 0.3) is 0 Å². The molecular weight excluding hydrogens is 488 g/mol. The Morgan fingerprint density at radius 3 is 2.43 bits per heavy atom. The zero-order valence-corrected chi connectivity index (χ0v) is 23.4. The van der Waals surface area contributed by atoms with E-state index in [9.17, 15) is 9.59 Å². The van der Waals surface area contributed by atoms with E-state index in [1.54, 1.807) is 23.2 Å². The summed E-state index contributed by atoms with van der Waals surface area (Å²) >= 11 is 1.62. The standard InChI is InChI=1S/C28H38N4O4S/c1-18-9-10-22-24(32(18)19(2)33)12-11-21(25(22)35-20-7-6-8-20)23-17-37-26(29-23)30-13-15-31(16-14-30)27(34)36-28(3,4)5/h11-12,17-18,20H,6-10,13-16H2,1-5H3/t18-/m0/s1. The monoisotopic (exact) mass is 526 g/mol. The number of carbonyl (C=O) groups excluding carboxylic acids is 2. The van der Waals surface area contributed by atoms with Gasteiger partial charge in [0.2, 0.25) is 5.91 Å². The average molecular weight is 527 g/mol. The molecule has 0 N–H and O–H groups in total. The summed E-state index contributed by atoms with van der Waals surface area (Å²) in [4.78, 5) is 35.8. The van der Waals surface area contributed by atoms with E-state index in [0.717, 1.165) is 59.1 Å². The highest BCUT2D eigenvalue weighted by Gasteiger charge is 2.32. The molecule has 8 nitrogen and oxygen atoms in total. The van der Waals surface area contributed by atoms with Crippen LogP contribution in [0.15, 0.2) is 17.5 Å². The van der Waals surface area contributed by atoms with Crippen molar-refractivity contribution in [3.05, 3.63) is 23.1 Å². The van der Waals surface area contributed by atoms with E-state index in [1.807, 2.05) is 25.7 Å². The SMILES string of the molecule is CC(=O)N1c2ccc(-c3csc(N4CCN(C(=O)OC(C)(C)C)CC4)n3)c(OC3CCC3)c2CC[C@@H]1C. The Balaban J connectivity index is 1.37. The van der Waals surface area contributed by atoms with Gasteiger partial charge in [0.15, 0.2) is 5.13 Å². The maximum atomic E-state index is 12.5. The second-order valence-electron chi connectivity index (χ2n) is 11.4. The molecule has 1 atom stereocenters. The third-order valence-electron chi connectivity index (χ3n) is 7.39. The third kappa shape index (κ3) is 5.42. The molecule has 9 heteroatoms. The molecule has 3 aliphatic rings. The first kappa shape index (κ1) is 25.8. The minimum absolute atomic E-state index is 0.0669.